The van der Waals surface area contributed by atoms with Gasteiger partial charge >= 0.3 is 0 Å². The van der Waals surface area contributed by atoms with Crippen LogP contribution in [0.1, 0.15) is 18.4 Å². The highest BCUT2D eigenvalue weighted by molar-refractivity contribution is 5.83. The van der Waals surface area contributed by atoms with Crippen LogP contribution >= 0.6 is 0 Å². The van der Waals surface area contributed by atoms with Crippen molar-refractivity contribution in [3.63, 3.8) is 0 Å². The summed E-state index contributed by atoms with van der Waals surface area (Å²) in [4.78, 5) is 28.2. The highest BCUT2D eigenvalue weighted by Crippen LogP contribution is 2.16. The Labute approximate surface area is 147 Å². The number of carbonyl (C=O) groups is 2. The van der Waals surface area contributed by atoms with E-state index in [-0.39, 0.29) is 24.5 Å². The van der Waals surface area contributed by atoms with Crippen LogP contribution in [0.2, 0.25) is 0 Å². The molecular formula is C18H22N4O3. The fourth-order valence-electron chi connectivity index (χ4n) is 3.10. The van der Waals surface area contributed by atoms with Crippen molar-refractivity contribution in [2.45, 2.75) is 18.9 Å². The third-order valence-corrected chi connectivity index (χ3v) is 4.61. The summed E-state index contributed by atoms with van der Waals surface area (Å²) in [6.07, 6.45) is 1.45. The number of benzene rings is 1. The average Bonchev–Trinajstić information content (AvgIpc) is 3.21. The number of piperazine rings is 1. The number of anilines is 1. The molecule has 1 N–H and O–H groups in total. The minimum absolute atomic E-state index is 0.00794. The Morgan fingerprint density at radius 3 is 2.44 bits per heavy atom. The Hall–Kier alpha value is -2.59. The molecule has 2 fully saturated rings. The van der Waals surface area contributed by atoms with Gasteiger partial charge in [-0.1, -0.05) is 0 Å². The summed E-state index contributed by atoms with van der Waals surface area (Å²) in [5.41, 5.74) is 1.39. The van der Waals surface area contributed by atoms with Gasteiger partial charge in [0.15, 0.2) is 0 Å². The van der Waals surface area contributed by atoms with Crippen molar-refractivity contribution in [2.24, 2.45) is 0 Å². The molecule has 2 heterocycles. The Kier molecular flexibility index (Phi) is 5.51. The molecule has 0 saturated carbocycles. The lowest BCUT2D eigenvalue weighted by atomic mass is 10.2. The first kappa shape index (κ1) is 17.2. The van der Waals surface area contributed by atoms with Crippen molar-refractivity contribution >= 4 is 17.5 Å². The van der Waals surface area contributed by atoms with Gasteiger partial charge in [0.2, 0.25) is 5.91 Å². The van der Waals surface area contributed by atoms with E-state index in [1.54, 1.807) is 34.1 Å². The Balaban J connectivity index is 1.43. The van der Waals surface area contributed by atoms with Crippen LogP contribution in [0.25, 0.3) is 0 Å². The SMILES string of the molecule is N#Cc1ccc(NCC(=O)N2CCN(C(=O)C3CCCO3)CC2)cc1. The predicted octanol–water partition coefficient (Wildman–Crippen LogP) is 0.820. The largest absolute Gasteiger partial charge is 0.376 e. The highest BCUT2D eigenvalue weighted by Gasteiger charge is 2.31. The average molecular weight is 342 g/mol. The molecule has 3 rings (SSSR count). The van der Waals surface area contributed by atoms with Crippen molar-refractivity contribution in [2.75, 3.05) is 44.6 Å². The second-order valence-corrected chi connectivity index (χ2v) is 6.25. The topological polar surface area (TPSA) is 85.7 Å². The van der Waals surface area contributed by atoms with E-state index in [1.807, 2.05) is 0 Å². The van der Waals surface area contributed by atoms with Crippen molar-refractivity contribution in [3.05, 3.63) is 29.8 Å². The van der Waals surface area contributed by atoms with E-state index in [4.69, 9.17) is 10.00 Å². The van der Waals surface area contributed by atoms with Crippen LogP contribution in [-0.4, -0.2) is 67.0 Å². The first-order valence-electron chi connectivity index (χ1n) is 8.59. The first-order chi connectivity index (χ1) is 12.2. The Bertz CT molecular complexity index is 654. The summed E-state index contributed by atoms with van der Waals surface area (Å²) in [6.45, 7) is 3.07. The van der Waals surface area contributed by atoms with Crippen LogP contribution in [0, 0.1) is 11.3 Å². The van der Waals surface area contributed by atoms with Gasteiger partial charge in [0.25, 0.3) is 5.91 Å². The normalized spacial score (nSPS) is 20.2. The quantitative estimate of drug-likeness (QED) is 0.875. The smallest absolute Gasteiger partial charge is 0.251 e. The van der Waals surface area contributed by atoms with Crippen molar-refractivity contribution in [1.29, 1.82) is 5.26 Å². The van der Waals surface area contributed by atoms with E-state index in [2.05, 4.69) is 11.4 Å². The maximum absolute atomic E-state index is 12.3. The number of amides is 2. The highest BCUT2D eigenvalue weighted by atomic mass is 16.5. The molecule has 1 aromatic rings. The van der Waals surface area contributed by atoms with Gasteiger partial charge in [-0.3, -0.25) is 9.59 Å². The van der Waals surface area contributed by atoms with E-state index in [1.165, 1.54) is 0 Å². The number of hydrogen-bond donors (Lipinski definition) is 1. The molecule has 0 aliphatic carbocycles. The molecule has 25 heavy (non-hydrogen) atoms. The minimum atomic E-state index is -0.291. The lowest BCUT2D eigenvalue weighted by Crippen LogP contribution is -2.53. The summed E-state index contributed by atoms with van der Waals surface area (Å²) in [7, 11) is 0. The van der Waals surface area contributed by atoms with Gasteiger partial charge in [-0.15, -0.1) is 0 Å². The monoisotopic (exact) mass is 342 g/mol. The predicted molar refractivity (Wildman–Crippen MR) is 91.8 cm³/mol. The second-order valence-electron chi connectivity index (χ2n) is 6.25. The van der Waals surface area contributed by atoms with Gasteiger partial charge in [-0.2, -0.15) is 5.26 Å². The molecule has 0 spiro atoms. The van der Waals surface area contributed by atoms with E-state index in [0.29, 0.717) is 38.3 Å². The van der Waals surface area contributed by atoms with Crippen LogP contribution in [0.3, 0.4) is 0 Å². The molecule has 0 aromatic heterocycles. The van der Waals surface area contributed by atoms with Crippen LogP contribution in [0.4, 0.5) is 5.69 Å². The molecule has 7 heteroatoms. The van der Waals surface area contributed by atoms with Crippen LogP contribution < -0.4 is 5.32 Å². The molecule has 1 aromatic carbocycles. The summed E-state index contributed by atoms with van der Waals surface area (Å²) in [6, 6.07) is 9.04. The van der Waals surface area contributed by atoms with Gasteiger partial charge in [0, 0.05) is 38.5 Å². The van der Waals surface area contributed by atoms with Gasteiger partial charge < -0.3 is 19.9 Å². The standard InChI is InChI=1S/C18H22N4O3/c19-12-14-3-5-15(6-4-14)20-13-17(23)21-7-9-22(10-8-21)18(24)16-2-1-11-25-16/h3-6,16,20H,1-2,7-11,13H2. The maximum Gasteiger partial charge on any atom is 0.251 e. The van der Waals surface area contributed by atoms with Gasteiger partial charge in [-0.25, -0.2) is 0 Å². The molecule has 2 amide bonds. The zero-order valence-electron chi connectivity index (χ0n) is 14.1. The lowest BCUT2D eigenvalue weighted by molar-refractivity contribution is -0.145. The van der Waals surface area contributed by atoms with Crippen LogP contribution in [0.5, 0.6) is 0 Å². The van der Waals surface area contributed by atoms with Gasteiger partial charge in [0.1, 0.15) is 6.10 Å². The zero-order chi connectivity index (χ0) is 17.6. The first-order valence-corrected chi connectivity index (χ1v) is 8.59. The fraction of sp³-hybridized carbons (Fsp3) is 0.500. The molecule has 7 nitrogen and oxygen atoms in total. The van der Waals surface area contributed by atoms with Crippen LogP contribution in [0.15, 0.2) is 24.3 Å². The van der Waals surface area contributed by atoms with E-state index in [9.17, 15) is 9.59 Å². The zero-order valence-corrected chi connectivity index (χ0v) is 14.1. The molecule has 2 saturated heterocycles. The van der Waals surface area contributed by atoms with E-state index < -0.39 is 0 Å². The lowest BCUT2D eigenvalue weighted by Gasteiger charge is -2.35. The molecule has 132 valence electrons. The summed E-state index contributed by atoms with van der Waals surface area (Å²) in [5.74, 6) is 0.0638. The fourth-order valence-corrected chi connectivity index (χ4v) is 3.10. The number of rotatable bonds is 4. The number of ether oxygens (including phenoxy) is 1. The van der Waals surface area contributed by atoms with Crippen molar-refractivity contribution in [3.8, 4) is 6.07 Å². The maximum atomic E-state index is 12.3. The third kappa shape index (κ3) is 4.28. The summed E-state index contributed by atoms with van der Waals surface area (Å²) >= 11 is 0. The molecule has 1 atom stereocenters. The number of nitrogens with zero attached hydrogens (tertiary/aromatic N) is 3. The summed E-state index contributed by atoms with van der Waals surface area (Å²) in [5, 5.41) is 11.9. The molecule has 0 radical (unpaired) electrons. The Morgan fingerprint density at radius 2 is 1.84 bits per heavy atom. The third-order valence-electron chi connectivity index (χ3n) is 4.61. The molecule has 2 aliphatic rings. The van der Waals surface area contributed by atoms with Gasteiger partial charge in [-0.05, 0) is 37.1 Å². The summed E-state index contributed by atoms with van der Waals surface area (Å²) < 4.78 is 5.44. The van der Waals surface area contributed by atoms with E-state index >= 15 is 0 Å². The number of nitriles is 1. The number of hydrogen-bond acceptors (Lipinski definition) is 5. The number of carbonyl (C=O) groups excluding carboxylic acids is 2. The molecular weight excluding hydrogens is 320 g/mol. The van der Waals surface area contributed by atoms with Crippen molar-refractivity contribution < 1.29 is 14.3 Å². The van der Waals surface area contributed by atoms with Crippen LogP contribution in [-0.2, 0) is 14.3 Å². The number of nitrogens with one attached hydrogen (secondary N) is 1. The van der Waals surface area contributed by atoms with Crippen molar-refractivity contribution in [1.82, 2.24) is 9.80 Å². The van der Waals surface area contributed by atoms with E-state index in [0.717, 1.165) is 18.5 Å². The minimum Gasteiger partial charge on any atom is -0.376 e. The molecule has 2 aliphatic heterocycles. The molecule has 0 bridgehead atoms. The molecule has 1 unspecified atom stereocenters. The second kappa shape index (κ2) is 7.99. The van der Waals surface area contributed by atoms with Gasteiger partial charge in [0.05, 0.1) is 18.2 Å². The Morgan fingerprint density at radius 1 is 1.16 bits per heavy atom.